The highest BCUT2D eigenvalue weighted by molar-refractivity contribution is 6.08. The number of rotatable bonds is 6. The van der Waals surface area contributed by atoms with Crippen LogP contribution in [0.25, 0.3) is 16.6 Å². The summed E-state index contributed by atoms with van der Waals surface area (Å²) in [4.78, 5) is 31.9. The summed E-state index contributed by atoms with van der Waals surface area (Å²) in [6.07, 6.45) is 8.75. The summed E-state index contributed by atoms with van der Waals surface area (Å²) in [5.74, 6) is -0.677. The average molecular weight is 499 g/mol. The Morgan fingerprint density at radius 2 is 2.05 bits per heavy atom. The number of amides is 2. The summed E-state index contributed by atoms with van der Waals surface area (Å²) in [6.45, 7) is 3.34. The van der Waals surface area contributed by atoms with E-state index >= 15 is 0 Å². The van der Waals surface area contributed by atoms with Gasteiger partial charge in [0.15, 0.2) is 5.69 Å². The molecular weight excluding hydrogens is 472 g/mol. The zero-order valence-electron chi connectivity index (χ0n) is 20.5. The van der Waals surface area contributed by atoms with Gasteiger partial charge in [-0.3, -0.25) is 24.2 Å². The van der Waals surface area contributed by atoms with Crippen LogP contribution in [0.4, 0.5) is 11.4 Å². The van der Waals surface area contributed by atoms with E-state index in [1.807, 2.05) is 24.2 Å². The van der Waals surface area contributed by atoms with Gasteiger partial charge in [-0.1, -0.05) is 11.3 Å². The lowest BCUT2D eigenvalue weighted by Gasteiger charge is -2.28. The SMILES string of the molecule is Cc1ncc(NC(=O)CN2CCCC(C#N)C2)cc1NC(=O)c1nnn2cc(-c3cnn(C)c3)ccc12. The van der Waals surface area contributed by atoms with Gasteiger partial charge in [0.25, 0.3) is 5.91 Å². The van der Waals surface area contributed by atoms with E-state index in [0.717, 1.165) is 30.5 Å². The van der Waals surface area contributed by atoms with Gasteiger partial charge in [-0.15, -0.1) is 5.10 Å². The highest BCUT2D eigenvalue weighted by atomic mass is 16.2. The van der Waals surface area contributed by atoms with Crippen LogP contribution in [-0.2, 0) is 11.8 Å². The minimum atomic E-state index is -0.437. The van der Waals surface area contributed by atoms with E-state index in [1.54, 1.807) is 46.8 Å². The van der Waals surface area contributed by atoms with Crippen molar-refractivity contribution >= 4 is 28.7 Å². The molecule has 2 amide bonds. The average Bonchev–Trinajstić information content (AvgIpc) is 3.52. The topological polar surface area (TPSA) is 146 Å². The molecule has 4 aromatic rings. The number of nitriles is 1. The molecule has 1 saturated heterocycles. The predicted molar refractivity (Wildman–Crippen MR) is 136 cm³/mol. The molecule has 1 atom stereocenters. The third kappa shape index (κ3) is 5.31. The lowest BCUT2D eigenvalue weighted by Crippen LogP contribution is -2.40. The first-order valence-corrected chi connectivity index (χ1v) is 11.9. The molecule has 12 nitrogen and oxygen atoms in total. The van der Waals surface area contributed by atoms with Crippen LogP contribution in [0.2, 0.25) is 0 Å². The van der Waals surface area contributed by atoms with E-state index in [-0.39, 0.29) is 24.1 Å². The number of anilines is 2. The molecular formula is C25H26N10O2. The Kier molecular flexibility index (Phi) is 6.61. The van der Waals surface area contributed by atoms with Gasteiger partial charge < -0.3 is 10.6 Å². The lowest BCUT2D eigenvalue weighted by molar-refractivity contribution is -0.117. The maximum absolute atomic E-state index is 13.1. The molecule has 0 aromatic carbocycles. The van der Waals surface area contributed by atoms with Crippen molar-refractivity contribution in [3.63, 3.8) is 0 Å². The third-order valence-electron chi connectivity index (χ3n) is 6.34. The minimum Gasteiger partial charge on any atom is -0.324 e. The second-order valence-electron chi connectivity index (χ2n) is 9.15. The summed E-state index contributed by atoms with van der Waals surface area (Å²) in [6, 6.07) is 7.62. The van der Waals surface area contributed by atoms with E-state index in [4.69, 9.17) is 5.26 Å². The quantitative estimate of drug-likeness (QED) is 0.412. The van der Waals surface area contributed by atoms with Crippen LogP contribution in [0, 0.1) is 24.2 Å². The highest BCUT2D eigenvalue weighted by Crippen LogP contribution is 2.22. The van der Waals surface area contributed by atoms with Gasteiger partial charge in [-0.25, -0.2) is 4.52 Å². The van der Waals surface area contributed by atoms with Crippen molar-refractivity contribution < 1.29 is 9.59 Å². The van der Waals surface area contributed by atoms with Gasteiger partial charge in [-0.05, 0) is 38.4 Å². The van der Waals surface area contributed by atoms with Crippen molar-refractivity contribution in [2.75, 3.05) is 30.3 Å². The molecule has 2 N–H and O–H groups in total. The first-order chi connectivity index (χ1) is 17.9. The molecule has 12 heteroatoms. The summed E-state index contributed by atoms with van der Waals surface area (Å²) < 4.78 is 3.26. The smallest absolute Gasteiger partial charge is 0.278 e. The molecule has 1 aliphatic heterocycles. The Hall–Kier alpha value is -4.63. The van der Waals surface area contributed by atoms with Crippen molar-refractivity contribution in [3.8, 4) is 17.2 Å². The molecule has 188 valence electrons. The number of hydrogen-bond donors (Lipinski definition) is 2. The Morgan fingerprint density at radius 1 is 1.19 bits per heavy atom. The normalized spacial score (nSPS) is 15.9. The molecule has 37 heavy (non-hydrogen) atoms. The molecule has 0 bridgehead atoms. The second-order valence-corrected chi connectivity index (χ2v) is 9.15. The number of aromatic nitrogens is 6. The van der Waals surface area contributed by atoms with Crippen LogP contribution in [0.5, 0.6) is 0 Å². The monoisotopic (exact) mass is 498 g/mol. The Labute approximate surface area is 212 Å². The number of nitrogens with zero attached hydrogens (tertiary/aromatic N) is 8. The maximum Gasteiger partial charge on any atom is 0.278 e. The largest absolute Gasteiger partial charge is 0.324 e. The van der Waals surface area contributed by atoms with E-state index < -0.39 is 5.91 Å². The number of likely N-dealkylation sites (tertiary alicyclic amines) is 1. The predicted octanol–water partition coefficient (Wildman–Crippen LogP) is 2.26. The molecule has 1 fully saturated rings. The minimum absolute atomic E-state index is 0.0418. The Balaban J connectivity index is 1.27. The van der Waals surface area contributed by atoms with Crippen LogP contribution in [0.3, 0.4) is 0 Å². The first kappa shape index (κ1) is 24.1. The highest BCUT2D eigenvalue weighted by Gasteiger charge is 2.22. The molecule has 5 rings (SSSR count). The molecule has 1 unspecified atom stereocenters. The first-order valence-electron chi connectivity index (χ1n) is 11.9. The van der Waals surface area contributed by atoms with E-state index in [0.29, 0.717) is 29.1 Å². The molecule has 5 heterocycles. The maximum atomic E-state index is 13.1. The summed E-state index contributed by atoms with van der Waals surface area (Å²) in [5.41, 5.74) is 4.06. The summed E-state index contributed by atoms with van der Waals surface area (Å²) in [5, 5.41) is 27.2. The number of hydrogen-bond acceptors (Lipinski definition) is 8. The van der Waals surface area contributed by atoms with Crippen molar-refractivity contribution in [3.05, 3.63) is 54.4 Å². The van der Waals surface area contributed by atoms with Crippen molar-refractivity contribution in [1.82, 2.24) is 34.5 Å². The van der Waals surface area contributed by atoms with E-state index in [9.17, 15) is 9.59 Å². The number of carbonyl (C=O) groups excluding carboxylic acids is 2. The molecule has 0 radical (unpaired) electrons. The second kappa shape index (κ2) is 10.2. The fourth-order valence-corrected chi connectivity index (χ4v) is 4.42. The van der Waals surface area contributed by atoms with Gasteiger partial charge in [-0.2, -0.15) is 10.4 Å². The molecule has 1 aliphatic rings. The Morgan fingerprint density at radius 3 is 2.84 bits per heavy atom. The third-order valence-corrected chi connectivity index (χ3v) is 6.34. The number of carbonyl (C=O) groups is 2. The summed E-state index contributed by atoms with van der Waals surface area (Å²) >= 11 is 0. The van der Waals surface area contributed by atoms with Crippen LogP contribution in [0.15, 0.2) is 43.0 Å². The Bertz CT molecular complexity index is 1520. The van der Waals surface area contributed by atoms with Crippen molar-refractivity contribution in [1.29, 1.82) is 5.26 Å². The zero-order chi connectivity index (χ0) is 25.9. The number of nitrogens with one attached hydrogen (secondary N) is 2. The van der Waals surface area contributed by atoms with Gasteiger partial charge in [0.05, 0.1) is 53.5 Å². The molecule has 0 spiro atoms. The van der Waals surface area contributed by atoms with Crippen LogP contribution in [-0.4, -0.2) is 65.9 Å². The van der Waals surface area contributed by atoms with Crippen molar-refractivity contribution in [2.24, 2.45) is 13.0 Å². The van der Waals surface area contributed by atoms with E-state index in [2.05, 4.69) is 37.1 Å². The van der Waals surface area contributed by atoms with Crippen molar-refractivity contribution in [2.45, 2.75) is 19.8 Å². The summed E-state index contributed by atoms with van der Waals surface area (Å²) in [7, 11) is 1.84. The van der Waals surface area contributed by atoms with Crippen LogP contribution >= 0.6 is 0 Å². The van der Waals surface area contributed by atoms with Gasteiger partial charge in [0, 0.05) is 37.1 Å². The number of piperidine rings is 1. The van der Waals surface area contributed by atoms with Gasteiger partial charge >= 0.3 is 0 Å². The van der Waals surface area contributed by atoms with Crippen LogP contribution in [0.1, 0.15) is 29.0 Å². The van der Waals surface area contributed by atoms with Crippen LogP contribution < -0.4 is 10.6 Å². The fourth-order valence-electron chi connectivity index (χ4n) is 4.42. The number of aryl methyl sites for hydroxylation is 2. The molecule has 0 aliphatic carbocycles. The standard InChI is InChI=1S/C25H26N10O2/c1-16-21(8-20(11-27-16)29-23(36)15-34-7-3-4-17(9-26)12-34)30-25(37)24-22-6-5-18(14-35(22)32-31-24)19-10-28-33(2)13-19/h5-6,8,10-11,13-14,17H,3-4,7,12,15H2,1-2H3,(H,29,36)(H,30,37). The molecule has 4 aromatic heterocycles. The zero-order valence-corrected chi connectivity index (χ0v) is 20.5. The lowest BCUT2D eigenvalue weighted by atomic mass is 10.00. The van der Waals surface area contributed by atoms with E-state index in [1.165, 1.54) is 0 Å². The number of fused-ring (bicyclic) bond motifs is 1. The van der Waals surface area contributed by atoms with Gasteiger partial charge in [0.2, 0.25) is 5.91 Å². The molecule has 0 saturated carbocycles. The fraction of sp³-hybridized carbons (Fsp3) is 0.320. The van der Waals surface area contributed by atoms with Gasteiger partial charge in [0.1, 0.15) is 0 Å². The number of pyridine rings is 2.